The third-order valence-corrected chi connectivity index (χ3v) is 1.42. The summed E-state index contributed by atoms with van der Waals surface area (Å²) in [5.74, 6) is -0.908. The normalized spacial score (nSPS) is 9.87. The molecule has 0 radical (unpaired) electrons. The van der Waals surface area contributed by atoms with Crippen molar-refractivity contribution in [2.24, 2.45) is 5.92 Å². The fourth-order valence-corrected chi connectivity index (χ4v) is 0.770. The molecule has 0 spiro atoms. The molecule has 0 aromatic heterocycles. The Morgan fingerprint density at radius 2 is 1.87 bits per heavy atom. The number of hydrogen-bond acceptors (Lipinski definition) is 4. The van der Waals surface area contributed by atoms with Crippen LogP contribution in [-0.4, -0.2) is 30.8 Å². The lowest BCUT2D eigenvalue weighted by Crippen LogP contribution is -2.32. The van der Waals surface area contributed by atoms with Gasteiger partial charge in [0.1, 0.15) is 12.3 Å². The van der Waals surface area contributed by atoms with Crippen molar-refractivity contribution in [2.45, 2.75) is 27.2 Å². The lowest BCUT2D eigenvalue weighted by molar-refractivity contribution is -0.145. The molecule has 0 aliphatic heterocycles. The van der Waals surface area contributed by atoms with Crippen LogP contribution >= 0.6 is 0 Å². The molecule has 0 heterocycles. The molecule has 0 bridgehead atoms. The van der Waals surface area contributed by atoms with E-state index in [-0.39, 0.29) is 24.7 Å². The van der Waals surface area contributed by atoms with Crippen molar-refractivity contribution >= 4 is 17.7 Å². The minimum absolute atomic E-state index is 0.182. The lowest BCUT2D eigenvalue weighted by atomic mass is 10.2. The van der Waals surface area contributed by atoms with E-state index in [1.54, 1.807) is 0 Å². The van der Waals surface area contributed by atoms with Gasteiger partial charge >= 0.3 is 5.97 Å². The minimum Gasteiger partial charge on any atom is -0.464 e. The number of ketones is 1. The van der Waals surface area contributed by atoms with Crippen LogP contribution < -0.4 is 5.32 Å². The van der Waals surface area contributed by atoms with E-state index in [4.69, 9.17) is 4.74 Å². The Hall–Kier alpha value is -1.39. The van der Waals surface area contributed by atoms with Gasteiger partial charge in [0.05, 0.1) is 13.0 Å². The summed E-state index contributed by atoms with van der Waals surface area (Å²) in [6.07, 6.45) is -0.197. The van der Waals surface area contributed by atoms with E-state index in [1.165, 1.54) is 6.92 Å². The summed E-state index contributed by atoms with van der Waals surface area (Å²) in [5.41, 5.74) is 0. The first-order valence-corrected chi connectivity index (χ1v) is 4.83. The fourth-order valence-electron chi connectivity index (χ4n) is 0.770. The van der Waals surface area contributed by atoms with Gasteiger partial charge in [-0.2, -0.15) is 0 Å². The highest BCUT2D eigenvalue weighted by molar-refractivity contribution is 5.97. The maximum absolute atomic E-state index is 11.0. The number of esters is 1. The van der Waals surface area contributed by atoms with E-state index in [0.29, 0.717) is 6.61 Å². The zero-order valence-corrected chi connectivity index (χ0v) is 9.33. The van der Waals surface area contributed by atoms with Gasteiger partial charge in [0, 0.05) is 0 Å². The maximum Gasteiger partial charge on any atom is 0.325 e. The fraction of sp³-hybridized carbons (Fsp3) is 0.700. The standard InChI is InChI=1S/C10H17NO4/c1-7(2)6-15-10(14)5-11-9(13)4-8(3)12/h7H,4-6H2,1-3H3,(H,11,13). The van der Waals surface area contributed by atoms with Crippen molar-refractivity contribution in [1.82, 2.24) is 5.32 Å². The first-order valence-electron chi connectivity index (χ1n) is 4.83. The van der Waals surface area contributed by atoms with Crippen molar-refractivity contribution in [2.75, 3.05) is 13.2 Å². The monoisotopic (exact) mass is 215 g/mol. The quantitative estimate of drug-likeness (QED) is 0.510. The van der Waals surface area contributed by atoms with Crippen LogP contribution in [0.1, 0.15) is 27.2 Å². The van der Waals surface area contributed by atoms with Crippen LogP contribution in [0.3, 0.4) is 0 Å². The Labute approximate surface area is 89.2 Å². The molecule has 0 aliphatic carbocycles. The molecule has 0 rings (SSSR count). The van der Waals surface area contributed by atoms with Crippen LogP contribution in [0, 0.1) is 5.92 Å². The van der Waals surface area contributed by atoms with Crippen molar-refractivity contribution in [1.29, 1.82) is 0 Å². The number of ether oxygens (including phenoxy) is 1. The van der Waals surface area contributed by atoms with E-state index >= 15 is 0 Å². The SMILES string of the molecule is CC(=O)CC(=O)NCC(=O)OCC(C)C. The first kappa shape index (κ1) is 13.6. The molecule has 1 N–H and O–H groups in total. The van der Waals surface area contributed by atoms with Gasteiger partial charge < -0.3 is 10.1 Å². The Morgan fingerprint density at radius 3 is 2.33 bits per heavy atom. The number of Topliss-reactive ketones (excluding diaryl/α,β-unsaturated/α-hetero) is 1. The summed E-state index contributed by atoms with van der Waals surface area (Å²) >= 11 is 0. The predicted octanol–water partition coefficient (Wildman–Crippen LogP) is 0.281. The lowest BCUT2D eigenvalue weighted by Gasteiger charge is -2.07. The summed E-state index contributed by atoms with van der Waals surface area (Å²) in [6, 6.07) is 0. The molecule has 0 unspecified atom stereocenters. The number of hydrogen-bond donors (Lipinski definition) is 1. The summed E-state index contributed by atoms with van der Waals surface area (Å²) in [6.45, 7) is 5.31. The second-order valence-corrected chi connectivity index (χ2v) is 3.73. The van der Waals surface area contributed by atoms with Gasteiger partial charge in [-0.25, -0.2) is 0 Å². The molecule has 15 heavy (non-hydrogen) atoms. The summed E-state index contributed by atoms with van der Waals surface area (Å²) < 4.78 is 4.82. The smallest absolute Gasteiger partial charge is 0.325 e. The average Bonchev–Trinajstić information content (AvgIpc) is 2.10. The zero-order chi connectivity index (χ0) is 11.8. The highest BCUT2D eigenvalue weighted by Crippen LogP contribution is 1.92. The maximum atomic E-state index is 11.0. The number of nitrogens with one attached hydrogen (secondary N) is 1. The highest BCUT2D eigenvalue weighted by Gasteiger charge is 2.08. The third-order valence-electron chi connectivity index (χ3n) is 1.42. The number of amides is 1. The van der Waals surface area contributed by atoms with Crippen LogP contribution in [0.15, 0.2) is 0 Å². The molecular weight excluding hydrogens is 198 g/mol. The predicted molar refractivity (Wildman–Crippen MR) is 54.1 cm³/mol. The summed E-state index contributed by atoms with van der Waals surface area (Å²) in [7, 11) is 0. The topological polar surface area (TPSA) is 72.5 Å². The first-order chi connectivity index (χ1) is 6.91. The van der Waals surface area contributed by atoms with Crippen molar-refractivity contribution < 1.29 is 19.1 Å². The van der Waals surface area contributed by atoms with E-state index in [2.05, 4.69) is 5.32 Å². The molecule has 5 nitrogen and oxygen atoms in total. The van der Waals surface area contributed by atoms with Gasteiger partial charge in [-0.1, -0.05) is 13.8 Å². The molecule has 0 atom stereocenters. The Kier molecular flexibility index (Phi) is 6.33. The molecule has 0 aromatic rings. The second-order valence-electron chi connectivity index (χ2n) is 3.73. The van der Waals surface area contributed by atoms with Crippen molar-refractivity contribution in [3.8, 4) is 0 Å². The van der Waals surface area contributed by atoms with Crippen LogP contribution in [0.25, 0.3) is 0 Å². The van der Waals surface area contributed by atoms with E-state index in [0.717, 1.165) is 0 Å². The molecule has 0 fully saturated rings. The van der Waals surface area contributed by atoms with Gasteiger partial charge in [0.2, 0.25) is 5.91 Å². The molecule has 0 saturated heterocycles. The van der Waals surface area contributed by atoms with E-state index in [1.807, 2.05) is 13.8 Å². The molecular formula is C10H17NO4. The molecule has 0 saturated carbocycles. The van der Waals surface area contributed by atoms with Gasteiger partial charge in [-0.15, -0.1) is 0 Å². The van der Waals surface area contributed by atoms with Gasteiger partial charge in [0.15, 0.2) is 0 Å². The van der Waals surface area contributed by atoms with Gasteiger partial charge in [0.25, 0.3) is 0 Å². The average molecular weight is 215 g/mol. The Bertz CT molecular complexity index is 248. The molecule has 1 amide bonds. The van der Waals surface area contributed by atoms with Crippen molar-refractivity contribution in [3.63, 3.8) is 0 Å². The zero-order valence-electron chi connectivity index (χ0n) is 9.33. The van der Waals surface area contributed by atoms with Gasteiger partial charge in [-0.05, 0) is 12.8 Å². The number of rotatable bonds is 6. The van der Waals surface area contributed by atoms with Crippen LogP contribution in [-0.2, 0) is 19.1 Å². The second kappa shape index (κ2) is 6.98. The molecule has 5 heteroatoms. The Morgan fingerprint density at radius 1 is 1.27 bits per heavy atom. The molecule has 0 aromatic carbocycles. The van der Waals surface area contributed by atoms with Crippen LogP contribution in [0.5, 0.6) is 0 Å². The van der Waals surface area contributed by atoms with Gasteiger partial charge in [-0.3, -0.25) is 14.4 Å². The summed E-state index contributed by atoms with van der Waals surface area (Å²) in [4.78, 5) is 32.5. The number of carbonyl (C=O) groups excluding carboxylic acids is 3. The number of carbonyl (C=O) groups is 3. The molecule has 0 aliphatic rings. The summed E-state index contributed by atoms with van der Waals surface area (Å²) in [5, 5.41) is 2.30. The highest BCUT2D eigenvalue weighted by atomic mass is 16.5. The molecule has 86 valence electrons. The minimum atomic E-state index is -0.486. The Balaban J connectivity index is 3.62. The van der Waals surface area contributed by atoms with Crippen LogP contribution in [0.2, 0.25) is 0 Å². The van der Waals surface area contributed by atoms with Crippen LogP contribution in [0.4, 0.5) is 0 Å². The third kappa shape index (κ3) is 8.93. The largest absolute Gasteiger partial charge is 0.464 e. The van der Waals surface area contributed by atoms with Crippen molar-refractivity contribution in [3.05, 3.63) is 0 Å². The van der Waals surface area contributed by atoms with E-state index < -0.39 is 11.9 Å². The van der Waals surface area contributed by atoms with E-state index in [9.17, 15) is 14.4 Å².